The highest BCUT2D eigenvalue weighted by Crippen LogP contribution is 2.34. The zero-order valence-corrected chi connectivity index (χ0v) is 16.1. The Morgan fingerprint density at radius 3 is 2.24 bits per heavy atom. The molecule has 1 aliphatic carbocycles. The van der Waals surface area contributed by atoms with Crippen molar-refractivity contribution in [2.24, 2.45) is 5.92 Å². The number of methoxy groups -OCH3 is 2. The maximum Gasteiger partial charge on any atom is 0.243 e. The lowest BCUT2D eigenvalue weighted by molar-refractivity contribution is 0.287. The van der Waals surface area contributed by atoms with Crippen LogP contribution in [0, 0.1) is 12.8 Å². The molecular weight excluding hydrogens is 340 g/mol. The van der Waals surface area contributed by atoms with Gasteiger partial charge in [-0.3, -0.25) is 0 Å². The molecule has 7 heteroatoms. The van der Waals surface area contributed by atoms with Crippen molar-refractivity contribution in [2.45, 2.75) is 43.5 Å². The molecule has 1 saturated carbocycles. The number of aryl methyl sites for hydroxylation is 1. The third-order valence-corrected chi connectivity index (χ3v) is 7.19. The smallest absolute Gasteiger partial charge is 0.243 e. The number of hydrogen-bond acceptors (Lipinski definition) is 5. The molecule has 1 aromatic carbocycles. The molecule has 1 N–H and O–H groups in total. The molecule has 0 unspecified atom stereocenters. The van der Waals surface area contributed by atoms with Crippen LogP contribution in [0.2, 0.25) is 0 Å². The fraction of sp³-hybridized carbons (Fsp3) is 0.667. The summed E-state index contributed by atoms with van der Waals surface area (Å²) in [6.45, 7) is 3.97. The van der Waals surface area contributed by atoms with Gasteiger partial charge in [0.2, 0.25) is 10.0 Å². The van der Waals surface area contributed by atoms with Crippen molar-refractivity contribution in [3.63, 3.8) is 0 Å². The summed E-state index contributed by atoms with van der Waals surface area (Å²) in [6, 6.07) is 3.72. The highest BCUT2D eigenvalue weighted by molar-refractivity contribution is 7.89. The summed E-state index contributed by atoms with van der Waals surface area (Å²) in [6.07, 6.45) is 4.38. The highest BCUT2D eigenvalue weighted by Gasteiger charge is 2.32. The van der Waals surface area contributed by atoms with Crippen LogP contribution >= 0.6 is 0 Å². The van der Waals surface area contributed by atoms with E-state index in [1.54, 1.807) is 30.5 Å². The van der Waals surface area contributed by atoms with Crippen LogP contribution in [0.1, 0.15) is 31.2 Å². The lowest BCUT2D eigenvalue weighted by Crippen LogP contribution is -2.45. The number of sulfonamides is 1. The van der Waals surface area contributed by atoms with Crippen molar-refractivity contribution in [2.75, 3.05) is 33.9 Å². The number of hydrogen-bond donors (Lipinski definition) is 1. The molecule has 2 fully saturated rings. The van der Waals surface area contributed by atoms with Gasteiger partial charge >= 0.3 is 0 Å². The first-order valence-corrected chi connectivity index (χ1v) is 10.4. The zero-order chi connectivity index (χ0) is 18.0. The molecule has 1 heterocycles. The van der Waals surface area contributed by atoms with E-state index < -0.39 is 10.0 Å². The van der Waals surface area contributed by atoms with Crippen LogP contribution in [0.3, 0.4) is 0 Å². The molecule has 2 aliphatic rings. The van der Waals surface area contributed by atoms with Gasteiger partial charge in [-0.2, -0.15) is 4.31 Å². The van der Waals surface area contributed by atoms with E-state index in [1.807, 2.05) is 0 Å². The van der Waals surface area contributed by atoms with Gasteiger partial charge < -0.3 is 14.8 Å². The summed E-state index contributed by atoms with van der Waals surface area (Å²) in [5.41, 5.74) is 0.673. The van der Waals surface area contributed by atoms with E-state index in [2.05, 4.69) is 5.32 Å². The van der Waals surface area contributed by atoms with Crippen LogP contribution in [0.5, 0.6) is 11.5 Å². The predicted molar refractivity (Wildman–Crippen MR) is 96.8 cm³/mol. The van der Waals surface area contributed by atoms with E-state index in [-0.39, 0.29) is 0 Å². The first kappa shape index (κ1) is 18.5. The first-order valence-electron chi connectivity index (χ1n) is 8.92. The molecule has 6 nitrogen and oxygen atoms in total. The normalized spacial score (nSPS) is 19.8. The van der Waals surface area contributed by atoms with E-state index in [0.717, 1.165) is 25.3 Å². The molecular formula is C18H28N2O4S. The van der Waals surface area contributed by atoms with Crippen molar-refractivity contribution in [1.82, 2.24) is 9.62 Å². The van der Waals surface area contributed by atoms with Crippen LogP contribution in [0.4, 0.5) is 0 Å². The van der Waals surface area contributed by atoms with Gasteiger partial charge in [0.1, 0.15) is 0 Å². The monoisotopic (exact) mass is 368 g/mol. The number of benzene rings is 1. The fourth-order valence-corrected chi connectivity index (χ4v) is 5.03. The SMILES string of the molecule is COc1cc(C)c(S(=O)(=O)N2CCC(NCC3CC3)CC2)cc1OC. The Balaban J connectivity index is 1.71. The van der Waals surface area contributed by atoms with Crippen molar-refractivity contribution >= 4 is 10.0 Å². The molecule has 3 rings (SSSR count). The summed E-state index contributed by atoms with van der Waals surface area (Å²) >= 11 is 0. The third-order valence-electron chi connectivity index (χ3n) is 5.14. The second-order valence-electron chi connectivity index (χ2n) is 7.00. The van der Waals surface area contributed by atoms with Crippen molar-refractivity contribution in [1.29, 1.82) is 0 Å². The Hall–Kier alpha value is -1.31. The molecule has 0 atom stereocenters. The molecule has 0 spiro atoms. The minimum absolute atomic E-state index is 0.300. The Labute approximate surface area is 150 Å². The Kier molecular flexibility index (Phi) is 5.55. The van der Waals surface area contributed by atoms with Gasteiger partial charge in [-0.05, 0) is 56.7 Å². The number of nitrogens with one attached hydrogen (secondary N) is 1. The molecule has 0 amide bonds. The average molecular weight is 368 g/mol. The van der Waals surface area contributed by atoms with E-state index in [4.69, 9.17) is 9.47 Å². The van der Waals surface area contributed by atoms with Gasteiger partial charge in [0.05, 0.1) is 19.1 Å². The van der Waals surface area contributed by atoms with Gasteiger partial charge in [-0.15, -0.1) is 0 Å². The Morgan fingerprint density at radius 2 is 1.68 bits per heavy atom. The van der Waals surface area contributed by atoms with Gasteiger partial charge in [0.25, 0.3) is 0 Å². The third kappa shape index (κ3) is 4.10. The molecule has 1 aliphatic heterocycles. The Bertz CT molecular complexity index is 708. The first-order chi connectivity index (χ1) is 12.0. The van der Waals surface area contributed by atoms with Crippen molar-refractivity contribution < 1.29 is 17.9 Å². The summed E-state index contributed by atoms with van der Waals surface area (Å²) in [5.74, 6) is 1.82. The predicted octanol–water partition coefficient (Wildman–Crippen LogP) is 2.16. The van der Waals surface area contributed by atoms with Crippen LogP contribution in [-0.4, -0.2) is 52.6 Å². The van der Waals surface area contributed by atoms with Crippen LogP contribution in [0.25, 0.3) is 0 Å². The van der Waals surface area contributed by atoms with Crippen molar-refractivity contribution in [3.8, 4) is 11.5 Å². The Morgan fingerprint density at radius 1 is 1.08 bits per heavy atom. The maximum absolute atomic E-state index is 13.1. The largest absolute Gasteiger partial charge is 0.493 e. The molecule has 140 valence electrons. The number of ether oxygens (including phenoxy) is 2. The molecule has 1 aromatic rings. The number of piperidine rings is 1. The molecule has 0 aromatic heterocycles. The van der Waals surface area contributed by atoms with E-state index in [1.165, 1.54) is 20.0 Å². The summed E-state index contributed by atoms with van der Waals surface area (Å²) in [5, 5.41) is 3.58. The van der Waals surface area contributed by atoms with Gasteiger partial charge in [0, 0.05) is 25.2 Å². The topological polar surface area (TPSA) is 67.9 Å². The molecule has 0 bridgehead atoms. The lowest BCUT2D eigenvalue weighted by atomic mass is 10.1. The van der Waals surface area contributed by atoms with Crippen molar-refractivity contribution in [3.05, 3.63) is 17.7 Å². The standard InChI is InChI=1S/C18H28N2O4S/c1-13-10-16(23-2)17(24-3)11-18(13)25(21,22)20-8-6-15(7-9-20)19-12-14-4-5-14/h10-11,14-15,19H,4-9,12H2,1-3H3. The summed E-state index contributed by atoms with van der Waals surface area (Å²) < 4.78 is 38.3. The maximum atomic E-state index is 13.1. The van der Waals surface area contributed by atoms with Crippen LogP contribution in [-0.2, 0) is 10.0 Å². The minimum atomic E-state index is -3.52. The average Bonchev–Trinajstić information content (AvgIpc) is 3.44. The number of nitrogens with zero attached hydrogens (tertiary/aromatic N) is 1. The highest BCUT2D eigenvalue weighted by atomic mass is 32.2. The second kappa shape index (κ2) is 7.51. The molecule has 1 saturated heterocycles. The molecule has 25 heavy (non-hydrogen) atoms. The van der Waals surface area contributed by atoms with Crippen LogP contribution < -0.4 is 14.8 Å². The number of rotatable bonds is 7. The lowest BCUT2D eigenvalue weighted by Gasteiger charge is -2.32. The van der Waals surface area contributed by atoms with Gasteiger partial charge in [-0.1, -0.05) is 0 Å². The van der Waals surface area contributed by atoms with Crippen LogP contribution in [0.15, 0.2) is 17.0 Å². The van der Waals surface area contributed by atoms with E-state index in [0.29, 0.717) is 41.1 Å². The van der Waals surface area contributed by atoms with E-state index in [9.17, 15) is 8.42 Å². The fourth-order valence-electron chi connectivity index (χ4n) is 3.33. The minimum Gasteiger partial charge on any atom is -0.493 e. The quantitative estimate of drug-likeness (QED) is 0.799. The zero-order valence-electron chi connectivity index (χ0n) is 15.2. The molecule has 0 radical (unpaired) electrons. The van der Waals surface area contributed by atoms with E-state index >= 15 is 0 Å². The van der Waals surface area contributed by atoms with Gasteiger partial charge in [-0.25, -0.2) is 8.42 Å². The summed E-state index contributed by atoms with van der Waals surface area (Å²) in [4.78, 5) is 0.300. The van der Waals surface area contributed by atoms with Gasteiger partial charge in [0.15, 0.2) is 11.5 Å². The second-order valence-corrected chi connectivity index (χ2v) is 8.91. The summed E-state index contributed by atoms with van der Waals surface area (Å²) in [7, 11) is -0.462.